The number of esters is 1. The second-order valence-electron chi connectivity index (χ2n) is 4.47. The summed E-state index contributed by atoms with van der Waals surface area (Å²) < 4.78 is 29.7. The van der Waals surface area contributed by atoms with Gasteiger partial charge in [0.05, 0.1) is 12.0 Å². The summed E-state index contributed by atoms with van der Waals surface area (Å²) in [6, 6.07) is 14.3. The van der Waals surface area contributed by atoms with Crippen LogP contribution in [-0.2, 0) is 19.4 Å². The minimum atomic E-state index is -3.99. The Morgan fingerprint density at radius 1 is 1.09 bits per heavy atom. The van der Waals surface area contributed by atoms with Crippen LogP contribution in [0, 0.1) is 0 Å². The number of nitrogens with one attached hydrogen (secondary N) is 1. The highest BCUT2D eigenvalue weighted by Crippen LogP contribution is 2.21. The fourth-order valence-corrected chi connectivity index (χ4v) is 3.18. The summed E-state index contributed by atoms with van der Waals surface area (Å²) in [6.45, 7) is 0. The lowest BCUT2D eigenvalue weighted by molar-refractivity contribution is -0.135. The smallest absolute Gasteiger partial charge is 0.351 e. The van der Waals surface area contributed by atoms with Crippen LogP contribution >= 0.6 is 11.6 Å². The summed E-state index contributed by atoms with van der Waals surface area (Å²) in [7, 11) is -2.87. The van der Waals surface area contributed by atoms with Gasteiger partial charge in [-0.3, -0.25) is 0 Å². The molecule has 2 aromatic rings. The molecule has 5 nitrogen and oxygen atoms in total. The molecule has 0 amide bonds. The summed E-state index contributed by atoms with van der Waals surface area (Å²) in [6.07, 6.45) is 1.11. The van der Waals surface area contributed by atoms with E-state index in [0.29, 0.717) is 10.7 Å². The molecule has 0 heterocycles. The highest BCUT2D eigenvalue weighted by molar-refractivity contribution is 7.96. The first-order valence-corrected chi connectivity index (χ1v) is 8.42. The molecule has 2 aromatic carbocycles. The highest BCUT2D eigenvalue weighted by Gasteiger charge is 2.27. The van der Waals surface area contributed by atoms with E-state index in [4.69, 9.17) is 11.6 Å². The fourth-order valence-electron chi connectivity index (χ4n) is 1.77. The molecule has 0 saturated carbocycles. The number of ether oxygens (including phenoxy) is 1. The maximum absolute atomic E-state index is 12.6. The second-order valence-corrected chi connectivity index (χ2v) is 6.82. The third kappa shape index (κ3) is 4.12. The van der Waals surface area contributed by atoms with Crippen molar-refractivity contribution in [2.24, 2.45) is 0 Å². The normalized spacial score (nSPS) is 11.8. The molecule has 0 bridgehead atoms. The van der Waals surface area contributed by atoms with Crippen LogP contribution in [0.3, 0.4) is 0 Å². The van der Waals surface area contributed by atoms with Crippen LogP contribution in [0.25, 0.3) is 0 Å². The quantitative estimate of drug-likeness (QED) is 0.661. The van der Waals surface area contributed by atoms with Gasteiger partial charge in [-0.2, -0.15) is 0 Å². The van der Waals surface area contributed by atoms with Gasteiger partial charge in [0.15, 0.2) is 4.91 Å². The number of anilines is 1. The largest absolute Gasteiger partial charge is 0.465 e. The third-order valence-corrected chi connectivity index (χ3v) is 4.95. The van der Waals surface area contributed by atoms with E-state index < -0.39 is 20.7 Å². The fraction of sp³-hybridized carbons (Fsp3) is 0.0625. The molecular formula is C16H14ClNO4S. The first-order valence-electron chi connectivity index (χ1n) is 6.56. The van der Waals surface area contributed by atoms with E-state index in [9.17, 15) is 13.2 Å². The Hall–Kier alpha value is -2.31. The van der Waals surface area contributed by atoms with Crippen molar-refractivity contribution in [2.75, 3.05) is 12.4 Å². The molecule has 0 saturated heterocycles. The summed E-state index contributed by atoms with van der Waals surface area (Å²) in [5.74, 6) is -0.949. The Morgan fingerprint density at radius 2 is 1.70 bits per heavy atom. The average Bonchev–Trinajstić information content (AvgIpc) is 2.57. The highest BCUT2D eigenvalue weighted by atomic mass is 35.5. The van der Waals surface area contributed by atoms with Gasteiger partial charge < -0.3 is 10.1 Å². The van der Waals surface area contributed by atoms with Crippen molar-refractivity contribution in [3.05, 3.63) is 70.7 Å². The molecule has 0 fully saturated rings. The number of methoxy groups -OCH3 is 1. The topological polar surface area (TPSA) is 72.5 Å². The molecule has 0 aromatic heterocycles. The molecular weight excluding hydrogens is 338 g/mol. The Morgan fingerprint density at radius 3 is 2.26 bits per heavy atom. The van der Waals surface area contributed by atoms with Gasteiger partial charge in [0, 0.05) is 16.9 Å². The monoisotopic (exact) mass is 351 g/mol. The molecule has 0 aliphatic heterocycles. The molecule has 2 rings (SSSR count). The van der Waals surface area contributed by atoms with Crippen LogP contribution in [0.2, 0.25) is 5.02 Å². The van der Waals surface area contributed by atoms with Crippen molar-refractivity contribution in [1.82, 2.24) is 0 Å². The zero-order valence-electron chi connectivity index (χ0n) is 12.2. The number of hydrogen-bond acceptors (Lipinski definition) is 5. The number of carbonyl (C=O) groups excluding carboxylic acids is 1. The van der Waals surface area contributed by atoms with Gasteiger partial charge in [0.2, 0.25) is 9.84 Å². The van der Waals surface area contributed by atoms with Crippen LogP contribution in [0.15, 0.2) is 70.6 Å². The summed E-state index contributed by atoms with van der Waals surface area (Å²) >= 11 is 5.79. The molecule has 0 aliphatic rings. The van der Waals surface area contributed by atoms with E-state index in [1.807, 2.05) is 0 Å². The van der Waals surface area contributed by atoms with Gasteiger partial charge in [-0.15, -0.1) is 0 Å². The van der Waals surface area contributed by atoms with Crippen molar-refractivity contribution >= 4 is 33.1 Å². The van der Waals surface area contributed by atoms with Gasteiger partial charge in [-0.1, -0.05) is 29.8 Å². The first kappa shape index (κ1) is 17.1. The van der Waals surface area contributed by atoms with Crippen LogP contribution in [0.1, 0.15) is 0 Å². The van der Waals surface area contributed by atoms with Gasteiger partial charge in [-0.25, -0.2) is 13.2 Å². The number of sulfone groups is 1. The Kier molecular flexibility index (Phi) is 5.41. The molecule has 1 N–H and O–H groups in total. The summed E-state index contributed by atoms with van der Waals surface area (Å²) in [5.41, 5.74) is 0.582. The Bertz CT molecular complexity index is 815. The number of hydrogen-bond donors (Lipinski definition) is 1. The van der Waals surface area contributed by atoms with E-state index >= 15 is 0 Å². The van der Waals surface area contributed by atoms with Crippen molar-refractivity contribution in [3.63, 3.8) is 0 Å². The van der Waals surface area contributed by atoms with E-state index in [2.05, 4.69) is 10.1 Å². The minimum Gasteiger partial charge on any atom is -0.465 e. The van der Waals surface area contributed by atoms with Crippen LogP contribution in [0.5, 0.6) is 0 Å². The molecule has 0 spiro atoms. The van der Waals surface area contributed by atoms with Crippen molar-refractivity contribution < 1.29 is 17.9 Å². The Labute approximate surface area is 139 Å². The molecule has 120 valence electrons. The van der Waals surface area contributed by atoms with Gasteiger partial charge >= 0.3 is 5.97 Å². The zero-order valence-corrected chi connectivity index (χ0v) is 13.8. The number of carbonyl (C=O) groups is 1. The maximum Gasteiger partial charge on any atom is 0.351 e. The molecule has 0 unspecified atom stereocenters. The zero-order chi connectivity index (χ0) is 16.9. The standard InChI is InChI=1S/C16H14ClNO4S/c1-22-16(19)15(11-18-13-9-7-12(17)8-10-13)23(20,21)14-5-3-2-4-6-14/h2-11,18H,1H3. The number of halogens is 1. The first-order chi connectivity index (χ1) is 10.9. The number of rotatable bonds is 5. The van der Waals surface area contributed by atoms with Crippen molar-refractivity contribution in [2.45, 2.75) is 4.90 Å². The van der Waals surface area contributed by atoms with Crippen LogP contribution in [-0.4, -0.2) is 21.5 Å². The van der Waals surface area contributed by atoms with Crippen LogP contribution in [0.4, 0.5) is 5.69 Å². The molecule has 0 radical (unpaired) electrons. The lowest BCUT2D eigenvalue weighted by Gasteiger charge is -2.08. The predicted molar refractivity (Wildman–Crippen MR) is 88.8 cm³/mol. The lowest BCUT2D eigenvalue weighted by atomic mass is 10.3. The minimum absolute atomic E-state index is 0.00885. The molecule has 0 aliphatic carbocycles. The third-order valence-electron chi connectivity index (χ3n) is 2.94. The van der Waals surface area contributed by atoms with E-state index in [1.54, 1.807) is 42.5 Å². The molecule has 23 heavy (non-hydrogen) atoms. The molecule has 0 atom stereocenters. The van der Waals surface area contributed by atoms with Gasteiger partial charge in [-0.05, 0) is 36.4 Å². The van der Waals surface area contributed by atoms with Gasteiger partial charge in [0.25, 0.3) is 0 Å². The Balaban J connectivity index is 2.39. The summed E-state index contributed by atoms with van der Waals surface area (Å²) in [4.78, 5) is 11.4. The second kappa shape index (κ2) is 7.30. The summed E-state index contributed by atoms with van der Waals surface area (Å²) in [5, 5.41) is 3.31. The maximum atomic E-state index is 12.6. The molecule has 7 heteroatoms. The van der Waals surface area contributed by atoms with E-state index in [0.717, 1.165) is 13.3 Å². The average molecular weight is 352 g/mol. The lowest BCUT2D eigenvalue weighted by Crippen LogP contribution is -2.16. The SMILES string of the molecule is COC(=O)C(=CNc1ccc(Cl)cc1)S(=O)(=O)c1ccccc1. The van der Waals surface area contributed by atoms with Gasteiger partial charge in [0.1, 0.15) is 0 Å². The number of benzene rings is 2. The van der Waals surface area contributed by atoms with Crippen LogP contribution < -0.4 is 5.32 Å². The van der Waals surface area contributed by atoms with E-state index in [-0.39, 0.29) is 4.90 Å². The van der Waals surface area contributed by atoms with Crippen molar-refractivity contribution in [3.8, 4) is 0 Å². The predicted octanol–water partition coefficient (Wildman–Crippen LogP) is 3.24. The van der Waals surface area contributed by atoms with E-state index in [1.165, 1.54) is 12.1 Å². The van der Waals surface area contributed by atoms with Crippen molar-refractivity contribution in [1.29, 1.82) is 0 Å².